The first-order valence-electron chi connectivity index (χ1n) is 8.88. The molecule has 1 aliphatic rings. The Morgan fingerprint density at radius 1 is 1.40 bits per heavy atom. The number of aliphatic hydroxyl groups excluding tert-OH is 2. The molecule has 0 aromatic carbocycles. The summed E-state index contributed by atoms with van der Waals surface area (Å²) in [4.78, 5) is 15.8. The minimum absolute atomic E-state index is 0.0749. The predicted molar refractivity (Wildman–Crippen MR) is 94.8 cm³/mol. The van der Waals surface area contributed by atoms with Gasteiger partial charge in [0, 0.05) is 19.0 Å². The van der Waals surface area contributed by atoms with E-state index >= 15 is 0 Å². The molecule has 3 atom stereocenters. The van der Waals surface area contributed by atoms with E-state index in [2.05, 4.69) is 23.7 Å². The number of aliphatic hydroxyl groups is 2. The van der Waals surface area contributed by atoms with Crippen molar-refractivity contribution in [2.24, 2.45) is 0 Å². The van der Waals surface area contributed by atoms with E-state index in [0.29, 0.717) is 5.56 Å². The first-order valence-corrected chi connectivity index (χ1v) is 8.88. The molecule has 2 heterocycles. The summed E-state index contributed by atoms with van der Waals surface area (Å²) in [5, 5.41) is 19.2. The van der Waals surface area contributed by atoms with Gasteiger partial charge in [0.1, 0.15) is 11.9 Å². The highest BCUT2D eigenvalue weighted by Crippen LogP contribution is 2.27. The first kappa shape index (κ1) is 19.4. The van der Waals surface area contributed by atoms with Gasteiger partial charge < -0.3 is 20.7 Å². The lowest BCUT2D eigenvalue weighted by molar-refractivity contribution is -0.0529. The fourth-order valence-corrected chi connectivity index (χ4v) is 2.83. The highest BCUT2D eigenvalue weighted by Gasteiger charge is 2.35. The molecule has 0 amide bonds. The van der Waals surface area contributed by atoms with Gasteiger partial charge in [-0.2, -0.15) is 4.98 Å². The molecule has 1 saturated heterocycles. The number of anilines is 1. The third kappa shape index (κ3) is 5.30. The summed E-state index contributed by atoms with van der Waals surface area (Å²) in [6.07, 6.45) is 6.08. The number of nitrogens with two attached hydrogens (primary N) is 1. The van der Waals surface area contributed by atoms with Gasteiger partial charge in [0.05, 0.1) is 18.3 Å². The molecule has 1 aromatic rings. The van der Waals surface area contributed by atoms with Crippen LogP contribution in [0.5, 0.6) is 0 Å². The summed E-state index contributed by atoms with van der Waals surface area (Å²) in [7, 11) is 0. The fourth-order valence-electron chi connectivity index (χ4n) is 2.83. The van der Waals surface area contributed by atoms with Crippen LogP contribution in [0.25, 0.3) is 0 Å². The van der Waals surface area contributed by atoms with Gasteiger partial charge >= 0.3 is 5.69 Å². The van der Waals surface area contributed by atoms with Gasteiger partial charge in [-0.3, -0.25) is 4.57 Å². The summed E-state index contributed by atoms with van der Waals surface area (Å²) in [6.45, 7) is 1.97. The minimum Gasteiger partial charge on any atom is -0.394 e. The molecule has 0 spiro atoms. The number of ether oxygens (including phenoxy) is 1. The lowest BCUT2D eigenvalue weighted by atomic mass is 10.1. The number of hydrogen-bond acceptors (Lipinski definition) is 6. The van der Waals surface area contributed by atoms with Crippen LogP contribution in [0.2, 0.25) is 0 Å². The van der Waals surface area contributed by atoms with Gasteiger partial charge in [-0.15, -0.1) is 0 Å². The number of rotatable bonds is 7. The summed E-state index contributed by atoms with van der Waals surface area (Å²) < 4.78 is 6.70. The van der Waals surface area contributed by atoms with Gasteiger partial charge in [-0.1, -0.05) is 44.4 Å². The van der Waals surface area contributed by atoms with E-state index in [1.54, 1.807) is 0 Å². The maximum atomic E-state index is 12.1. The van der Waals surface area contributed by atoms with Crippen molar-refractivity contribution in [3.8, 4) is 11.8 Å². The highest BCUT2D eigenvalue weighted by molar-refractivity contribution is 5.48. The molecule has 0 radical (unpaired) electrons. The topological polar surface area (TPSA) is 111 Å². The molecule has 1 fully saturated rings. The van der Waals surface area contributed by atoms with Crippen LogP contribution in [0, 0.1) is 11.8 Å². The molecule has 1 aliphatic heterocycles. The molecule has 4 N–H and O–H groups in total. The molecule has 7 heteroatoms. The van der Waals surface area contributed by atoms with Crippen molar-refractivity contribution in [3.63, 3.8) is 0 Å². The molecular weight excluding hydrogens is 322 g/mol. The Hall–Kier alpha value is -1.88. The number of nitrogens with zero attached hydrogens (tertiary/aromatic N) is 2. The first-order chi connectivity index (χ1) is 12.1. The van der Waals surface area contributed by atoms with Gasteiger partial charge in [0.25, 0.3) is 0 Å². The van der Waals surface area contributed by atoms with Crippen LogP contribution in [0.3, 0.4) is 0 Å². The molecular formula is C18H27N3O4. The second kappa shape index (κ2) is 9.56. The standard InChI is InChI=1S/C18H27N3O4/c1-2-3-4-5-6-7-8-9-13-11-21(18(24)20-16(13)19)17-15(23)10-14(12-22)25-17/h11,14-15,17,22-23H,2-7,10,12H2,1H3,(H2,19,20,24)/t14-,15?,17+/m0/s1. The lowest BCUT2D eigenvalue weighted by Gasteiger charge is -2.17. The largest absolute Gasteiger partial charge is 0.394 e. The zero-order chi connectivity index (χ0) is 18.2. The summed E-state index contributed by atoms with van der Waals surface area (Å²) in [6, 6.07) is 0. The maximum absolute atomic E-state index is 12.1. The normalized spacial score (nSPS) is 22.6. The van der Waals surface area contributed by atoms with Crippen LogP contribution in [-0.4, -0.2) is 38.6 Å². The van der Waals surface area contributed by atoms with E-state index in [0.717, 1.165) is 19.3 Å². The van der Waals surface area contributed by atoms with Crippen molar-refractivity contribution in [2.45, 2.75) is 70.3 Å². The summed E-state index contributed by atoms with van der Waals surface area (Å²) in [5.41, 5.74) is 5.62. The van der Waals surface area contributed by atoms with Crippen LogP contribution in [0.1, 0.15) is 63.7 Å². The third-order valence-electron chi connectivity index (χ3n) is 4.25. The van der Waals surface area contributed by atoms with E-state index in [-0.39, 0.29) is 18.8 Å². The van der Waals surface area contributed by atoms with E-state index in [9.17, 15) is 9.90 Å². The summed E-state index contributed by atoms with van der Waals surface area (Å²) in [5.74, 6) is 6.09. The number of nitrogen functional groups attached to an aromatic ring is 1. The van der Waals surface area contributed by atoms with Gasteiger partial charge in [0.2, 0.25) is 0 Å². The third-order valence-corrected chi connectivity index (χ3v) is 4.25. The van der Waals surface area contributed by atoms with E-state index < -0.39 is 24.1 Å². The molecule has 1 aromatic heterocycles. The Morgan fingerprint density at radius 3 is 2.84 bits per heavy atom. The Morgan fingerprint density at radius 2 is 2.16 bits per heavy atom. The predicted octanol–water partition coefficient (Wildman–Crippen LogP) is 1.18. The monoisotopic (exact) mass is 349 g/mol. The smallest absolute Gasteiger partial charge is 0.351 e. The van der Waals surface area contributed by atoms with Crippen molar-refractivity contribution in [3.05, 3.63) is 22.2 Å². The van der Waals surface area contributed by atoms with E-state index in [1.807, 2.05) is 0 Å². The van der Waals surface area contributed by atoms with Crippen LogP contribution >= 0.6 is 0 Å². The fraction of sp³-hybridized carbons (Fsp3) is 0.667. The van der Waals surface area contributed by atoms with Crippen molar-refractivity contribution in [1.29, 1.82) is 0 Å². The van der Waals surface area contributed by atoms with Crippen LogP contribution in [-0.2, 0) is 4.74 Å². The maximum Gasteiger partial charge on any atom is 0.351 e. The number of unbranched alkanes of at least 4 members (excludes halogenated alkanes) is 5. The minimum atomic E-state index is -0.889. The van der Waals surface area contributed by atoms with Crippen LogP contribution in [0.15, 0.2) is 11.0 Å². The van der Waals surface area contributed by atoms with Crippen molar-refractivity contribution in [2.75, 3.05) is 12.3 Å². The van der Waals surface area contributed by atoms with Gasteiger partial charge in [0.15, 0.2) is 6.23 Å². The molecule has 0 aliphatic carbocycles. The van der Waals surface area contributed by atoms with Crippen LogP contribution < -0.4 is 11.4 Å². The average Bonchev–Trinajstić information content (AvgIpc) is 2.96. The molecule has 7 nitrogen and oxygen atoms in total. The second-order valence-electron chi connectivity index (χ2n) is 6.33. The van der Waals surface area contributed by atoms with Crippen molar-refractivity contribution >= 4 is 5.82 Å². The Balaban J connectivity index is 2.07. The quantitative estimate of drug-likeness (QED) is 0.503. The molecule has 2 rings (SSSR count). The van der Waals surface area contributed by atoms with Gasteiger partial charge in [-0.05, 0) is 6.42 Å². The highest BCUT2D eigenvalue weighted by atomic mass is 16.5. The second-order valence-corrected chi connectivity index (χ2v) is 6.33. The SMILES string of the molecule is CCCCCCCC#Cc1cn([C@@H]2O[C@H](CO)CC2O)c(=O)nc1N. The Kier molecular flexibility index (Phi) is 7.44. The van der Waals surface area contributed by atoms with E-state index in [4.69, 9.17) is 15.6 Å². The lowest BCUT2D eigenvalue weighted by Crippen LogP contribution is -2.32. The van der Waals surface area contributed by atoms with Crippen LogP contribution in [0.4, 0.5) is 5.82 Å². The zero-order valence-corrected chi connectivity index (χ0v) is 14.6. The molecule has 0 saturated carbocycles. The zero-order valence-electron chi connectivity index (χ0n) is 14.6. The average molecular weight is 349 g/mol. The molecule has 0 bridgehead atoms. The van der Waals surface area contributed by atoms with Crippen molar-refractivity contribution in [1.82, 2.24) is 9.55 Å². The molecule has 1 unspecified atom stereocenters. The Bertz CT molecular complexity index is 677. The Labute approximate surface area is 147 Å². The summed E-state index contributed by atoms with van der Waals surface area (Å²) >= 11 is 0. The van der Waals surface area contributed by atoms with Gasteiger partial charge in [-0.25, -0.2) is 4.79 Å². The number of hydrogen-bond donors (Lipinski definition) is 3. The van der Waals surface area contributed by atoms with E-state index in [1.165, 1.54) is 30.0 Å². The molecule has 138 valence electrons. The van der Waals surface area contributed by atoms with Crippen molar-refractivity contribution < 1.29 is 14.9 Å². The molecule has 25 heavy (non-hydrogen) atoms. The number of aromatic nitrogens is 2.